The molecular weight excluding hydrogens is 406 g/mol. The van der Waals surface area contributed by atoms with E-state index in [0.29, 0.717) is 17.7 Å². The first kappa shape index (κ1) is 21.3. The SMILES string of the molecule is CCc1ccccc1NC(=O)Cn1c(=O)n(Cc2ccccc2)c(=O)c2nn(CC)cc21. The minimum atomic E-state index is -0.541. The van der Waals surface area contributed by atoms with E-state index in [-0.39, 0.29) is 24.5 Å². The minimum absolute atomic E-state index is 0.105. The number of aromatic nitrogens is 4. The standard InChI is InChI=1S/C24H25N5O3/c1-3-18-12-8-9-13-19(18)25-21(30)16-28-20-15-27(4-2)26-22(20)23(31)29(24(28)32)14-17-10-6-5-7-11-17/h5-13,15H,3-4,14,16H2,1-2H3,(H,25,30). The monoisotopic (exact) mass is 431 g/mol. The maximum atomic E-state index is 13.3. The van der Waals surface area contributed by atoms with Crippen molar-refractivity contribution < 1.29 is 4.79 Å². The lowest BCUT2D eigenvalue weighted by Crippen LogP contribution is -2.41. The largest absolute Gasteiger partial charge is 0.332 e. The van der Waals surface area contributed by atoms with Gasteiger partial charge in [-0.25, -0.2) is 4.79 Å². The third-order valence-corrected chi connectivity index (χ3v) is 5.42. The summed E-state index contributed by atoms with van der Waals surface area (Å²) in [6, 6.07) is 16.8. The van der Waals surface area contributed by atoms with E-state index in [4.69, 9.17) is 0 Å². The van der Waals surface area contributed by atoms with Crippen molar-refractivity contribution in [1.29, 1.82) is 0 Å². The third-order valence-electron chi connectivity index (χ3n) is 5.42. The van der Waals surface area contributed by atoms with Crippen LogP contribution in [-0.2, 0) is 30.8 Å². The number of hydrogen-bond acceptors (Lipinski definition) is 4. The quantitative estimate of drug-likeness (QED) is 0.487. The molecule has 164 valence electrons. The molecule has 0 aliphatic heterocycles. The molecule has 0 aliphatic carbocycles. The highest BCUT2D eigenvalue weighted by Crippen LogP contribution is 2.16. The Balaban J connectivity index is 1.77. The van der Waals surface area contributed by atoms with E-state index in [2.05, 4.69) is 10.4 Å². The summed E-state index contributed by atoms with van der Waals surface area (Å²) in [5.41, 5.74) is 2.05. The molecule has 32 heavy (non-hydrogen) atoms. The van der Waals surface area contributed by atoms with Crippen LogP contribution in [0.25, 0.3) is 11.0 Å². The van der Waals surface area contributed by atoms with Gasteiger partial charge in [-0.3, -0.25) is 23.4 Å². The Bertz CT molecular complexity index is 1380. The number of hydrogen-bond donors (Lipinski definition) is 1. The van der Waals surface area contributed by atoms with Crippen LogP contribution >= 0.6 is 0 Å². The predicted octanol–water partition coefficient (Wildman–Crippen LogP) is 2.63. The van der Waals surface area contributed by atoms with Crippen molar-refractivity contribution in [3.05, 3.63) is 92.8 Å². The topological polar surface area (TPSA) is 90.9 Å². The average molecular weight is 431 g/mol. The lowest BCUT2D eigenvalue weighted by atomic mass is 10.1. The summed E-state index contributed by atoms with van der Waals surface area (Å²) in [5, 5.41) is 7.24. The molecule has 0 saturated heterocycles. The van der Waals surface area contributed by atoms with Crippen LogP contribution in [0, 0.1) is 0 Å². The number of aryl methyl sites for hydroxylation is 2. The summed E-state index contributed by atoms with van der Waals surface area (Å²) in [6.45, 7) is 4.32. The maximum absolute atomic E-state index is 13.3. The molecule has 0 fully saturated rings. The zero-order chi connectivity index (χ0) is 22.7. The van der Waals surface area contributed by atoms with Gasteiger partial charge in [-0.05, 0) is 30.5 Å². The van der Waals surface area contributed by atoms with E-state index >= 15 is 0 Å². The highest BCUT2D eigenvalue weighted by molar-refractivity contribution is 5.92. The van der Waals surface area contributed by atoms with Crippen molar-refractivity contribution in [3.63, 3.8) is 0 Å². The summed E-state index contributed by atoms with van der Waals surface area (Å²) >= 11 is 0. The summed E-state index contributed by atoms with van der Waals surface area (Å²) < 4.78 is 4.06. The molecule has 2 heterocycles. The first-order valence-electron chi connectivity index (χ1n) is 10.6. The number of rotatable bonds is 7. The summed E-state index contributed by atoms with van der Waals surface area (Å²) in [5.74, 6) is -0.344. The van der Waals surface area contributed by atoms with Gasteiger partial charge in [0.15, 0.2) is 5.52 Å². The number of para-hydroxylation sites is 1. The van der Waals surface area contributed by atoms with Crippen LogP contribution in [0.2, 0.25) is 0 Å². The number of fused-ring (bicyclic) bond motifs is 1. The summed E-state index contributed by atoms with van der Waals surface area (Å²) in [6.07, 6.45) is 2.41. The number of carbonyl (C=O) groups is 1. The van der Waals surface area contributed by atoms with Gasteiger partial charge in [-0.2, -0.15) is 5.10 Å². The molecule has 8 heteroatoms. The van der Waals surface area contributed by atoms with E-state index in [1.54, 1.807) is 10.9 Å². The molecule has 8 nitrogen and oxygen atoms in total. The van der Waals surface area contributed by atoms with E-state index < -0.39 is 11.2 Å². The molecular formula is C24H25N5O3. The first-order valence-corrected chi connectivity index (χ1v) is 10.6. The van der Waals surface area contributed by atoms with E-state index in [1.165, 1.54) is 4.57 Å². The summed E-state index contributed by atoms with van der Waals surface area (Å²) in [4.78, 5) is 39.3. The predicted molar refractivity (Wildman–Crippen MR) is 124 cm³/mol. The number of nitrogens with zero attached hydrogens (tertiary/aromatic N) is 4. The molecule has 4 aromatic rings. The zero-order valence-corrected chi connectivity index (χ0v) is 18.1. The fraction of sp³-hybridized carbons (Fsp3) is 0.250. The molecule has 1 amide bonds. The van der Waals surface area contributed by atoms with Crippen LogP contribution in [-0.4, -0.2) is 24.8 Å². The Kier molecular flexibility index (Phi) is 6.02. The Hall–Kier alpha value is -3.94. The van der Waals surface area contributed by atoms with Gasteiger partial charge in [0.1, 0.15) is 6.54 Å². The molecule has 0 spiro atoms. The number of anilines is 1. The van der Waals surface area contributed by atoms with Crippen molar-refractivity contribution in [2.24, 2.45) is 0 Å². The molecule has 4 rings (SSSR count). The highest BCUT2D eigenvalue weighted by Gasteiger charge is 2.19. The Morgan fingerprint density at radius 2 is 1.69 bits per heavy atom. The van der Waals surface area contributed by atoms with Crippen molar-refractivity contribution in [2.45, 2.75) is 39.9 Å². The van der Waals surface area contributed by atoms with E-state index in [0.717, 1.165) is 22.1 Å². The van der Waals surface area contributed by atoms with Gasteiger partial charge in [-0.1, -0.05) is 55.5 Å². The number of carbonyl (C=O) groups excluding carboxylic acids is 1. The first-order chi connectivity index (χ1) is 15.5. The van der Waals surface area contributed by atoms with E-state index in [9.17, 15) is 14.4 Å². The van der Waals surface area contributed by atoms with Crippen LogP contribution in [0.5, 0.6) is 0 Å². The van der Waals surface area contributed by atoms with Gasteiger partial charge in [0, 0.05) is 18.4 Å². The molecule has 0 atom stereocenters. The molecule has 0 saturated carbocycles. The number of nitrogens with one attached hydrogen (secondary N) is 1. The minimum Gasteiger partial charge on any atom is -0.324 e. The lowest BCUT2D eigenvalue weighted by Gasteiger charge is -2.13. The van der Waals surface area contributed by atoms with Gasteiger partial charge in [0.2, 0.25) is 5.91 Å². The second-order valence-corrected chi connectivity index (χ2v) is 7.52. The van der Waals surface area contributed by atoms with E-state index in [1.807, 2.05) is 68.4 Å². The van der Waals surface area contributed by atoms with Crippen LogP contribution in [0.3, 0.4) is 0 Å². The fourth-order valence-corrected chi connectivity index (χ4v) is 3.73. The zero-order valence-electron chi connectivity index (χ0n) is 18.1. The Labute approximate surface area is 184 Å². The molecule has 0 radical (unpaired) electrons. The molecule has 2 aromatic carbocycles. The molecule has 0 unspecified atom stereocenters. The van der Waals surface area contributed by atoms with Crippen molar-refractivity contribution in [3.8, 4) is 0 Å². The highest BCUT2D eigenvalue weighted by atomic mass is 16.2. The van der Waals surface area contributed by atoms with Crippen LogP contribution < -0.4 is 16.6 Å². The molecule has 2 aromatic heterocycles. The van der Waals surface area contributed by atoms with Gasteiger partial charge in [0.05, 0.1) is 12.1 Å². The molecule has 1 N–H and O–H groups in total. The normalized spacial score (nSPS) is 11.1. The summed E-state index contributed by atoms with van der Waals surface area (Å²) in [7, 11) is 0. The smallest absolute Gasteiger partial charge is 0.324 e. The second kappa shape index (κ2) is 9.05. The van der Waals surface area contributed by atoms with Gasteiger partial charge in [0.25, 0.3) is 5.56 Å². The van der Waals surface area contributed by atoms with Crippen molar-refractivity contribution in [2.75, 3.05) is 5.32 Å². The molecule has 0 aliphatic rings. The Morgan fingerprint density at radius 3 is 2.41 bits per heavy atom. The Morgan fingerprint density at radius 1 is 0.969 bits per heavy atom. The van der Waals surface area contributed by atoms with Crippen LogP contribution in [0.1, 0.15) is 25.0 Å². The van der Waals surface area contributed by atoms with Crippen molar-refractivity contribution >= 4 is 22.6 Å². The van der Waals surface area contributed by atoms with Gasteiger partial charge in [-0.15, -0.1) is 0 Å². The fourth-order valence-electron chi connectivity index (χ4n) is 3.73. The maximum Gasteiger partial charge on any atom is 0.332 e. The van der Waals surface area contributed by atoms with Crippen molar-refractivity contribution in [1.82, 2.24) is 18.9 Å². The lowest BCUT2D eigenvalue weighted by molar-refractivity contribution is -0.116. The molecule has 0 bridgehead atoms. The van der Waals surface area contributed by atoms with Gasteiger partial charge < -0.3 is 5.32 Å². The van der Waals surface area contributed by atoms with Gasteiger partial charge >= 0.3 is 5.69 Å². The third kappa shape index (κ3) is 4.12. The second-order valence-electron chi connectivity index (χ2n) is 7.52. The number of benzene rings is 2. The van der Waals surface area contributed by atoms with Crippen LogP contribution in [0.15, 0.2) is 70.4 Å². The number of amides is 1. The average Bonchev–Trinajstić information content (AvgIpc) is 3.25. The van der Waals surface area contributed by atoms with Crippen LogP contribution in [0.4, 0.5) is 5.69 Å².